The number of rotatable bonds is 67. The molecule has 6 N–H and O–H groups in total. The van der Waals surface area contributed by atoms with Gasteiger partial charge in [-0.2, -0.15) is 0 Å². The molecule has 0 radical (unpaired) electrons. The lowest BCUT2D eigenvalue weighted by molar-refractivity contribution is -0.302. The molecule has 9 nitrogen and oxygen atoms in total. The van der Waals surface area contributed by atoms with Crippen LogP contribution in [0.25, 0.3) is 0 Å². The molecule has 1 fully saturated rings. The van der Waals surface area contributed by atoms with Crippen molar-refractivity contribution in [2.45, 2.75) is 391 Å². The van der Waals surface area contributed by atoms with Crippen LogP contribution in [-0.4, -0.2) is 87.5 Å². The number of aliphatic hydroxyl groups is 5. The van der Waals surface area contributed by atoms with Crippen LogP contribution in [0.3, 0.4) is 0 Å². The minimum atomic E-state index is -1.57. The van der Waals surface area contributed by atoms with Crippen LogP contribution in [0.5, 0.6) is 0 Å². The van der Waals surface area contributed by atoms with Gasteiger partial charge in [0.15, 0.2) is 6.29 Å². The molecule has 1 heterocycles. The van der Waals surface area contributed by atoms with Crippen molar-refractivity contribution in [3.8, 4) is 0 Å². The van der Waals surface area contributed by atoms with Crippen molar-refractivity contribution < 1.29 is 39.8 Å². The minimum Gasteiger partial charge on any atom is -0.394 e. The molecule has 1 aliphatic rings. The number of hydrogen-bond acceptors (Lipinski definition) is 8. The first-order chi connectivity index (χ1) is 44.8. The van der Waals surface area contributed by atoms with Crippen molar-refractivity contribution in [3.05, 3.63) is 109 Å². The first kappa shape index (κ1) is 85.9. The van der Waals surface area contributed by atoms with E-state index in [2.05, 4.69) is 116 Å². The Hall–Kier alpha value is -3.15. The molecule has 1 saturated heterocycles. The molecule has 7 atom stereocenters. The Morgan fingerprint density at radius 2 is 0.681 bits per heavy atom. The van der Waals surface area contributed by atoms with Crippen LogP contribution in [-0.2, 0) is 14.3 Å². The van der Waals surface area contributed by atoms with E-state index in [9.17, 15) is 30.3 Å². The Morgan fingerprint density at radius 1 is 0.385 bits per heavy atom. The summed E-state index contributed by atoms with van der Waals surface area (Å²) in [4.78, 5) is 13.2. The Morgan fingerprint density at radius 3 is 1.01 bits per heavy atom. The highest BCUT2D eigenvalue weighted by Crippen LogP contribution is 2.23. The molecule has 0 aromatic carbocycles. The highest BCUT2D eigenvalue weighted by molar-refractivity contribution is 5.76. The Balaban J connectivity index is 2.11. The number of carbonyl (C=O) groups excluding carboxylic acids is 1. The van der Waals surface area contributed by atoms with E-state index in [-0.39, 0.29) is 12.5 Å². The summed E-state index contributed by atoms with van der Waals surface area (Å²) in [5, 5.41) is 54.9. The summed E-state index contributed by atoms with van der Waals surface area (Å²) in [6.07, 6.45) is 96.4. The van der Waals surface area contributed by atoms with Crippen LogP contribution in [0.15, 0.2) is 109 Å². The van der Waals surface area contributed by atoms with Gasteiger partial charge in [-0.25, -0.2) is 0 Å². The average Bonchev–Trinajstić information content (AvgIpc) is 1.70. The predicted octanol–water partition coefficient (Wildman–Crippen LogP) is 22.0. The summed E-state index contributed by atoms with van der Waals surface area (Å²) in [6.45, 7) is 3.70. The molecule has 0 aliphatic carbocycles. The molecule has 1 rings (SSSR count). The van der Waals surface area contributed by atoms with Crippen molar-refractivity contribution in [1.29, 1.82) is 0 Å². The fraction of sp³-hybridized carbons (Fsp3) is 0.768. The normalized spacial score (nSPS) is 18.3. The quantitative estimate of drug-likeness (QED) is 0.0261. The largest absolute Gasteiger partial charge is 0.394 e. The van der Waals surface area contributed by atoms with E-state index in [4.69, 9.17) is 9.47 Å². The van der Waals surface area contributed by atoms with Gasteiger partial charge in [-0.15, -0.1) is 0 Å². The van der Waals surface area contributed by atoms with E-state index in [1.54, 1.807) is 6.08 Å². The van der Waals surface area contributed by atoms with Gasteiger partial charge in [0, 0.05) is 6.42 Å². The zero-order chi connectivity index (χ0) is 65.7. The van der Waals surface area contributed by atoms with E-state index in [1.165, 1.54) is 238 Å². The van der Waals surface area contributed by atoms with Crippen molar-refractivity contribution in [2.24, 2.45) is 0 Å². The maximum Gasteiger partial charge on any atom is 0.220 e. The van der Waals surface area contributed by atoms with Gasteiger partial charge in [0.05, 0.1) is 25.4 Å². The van der Waals surface area contributed by atoms with Crippen molar-refractivity contribution in [1.82, 2.24) is 5.32 Å². The lowest BCUT2D eigenvalue weighted by atomic mass is 9.99. The van der Waals surface area contributed by atoms with Crippen LogP contribution >= 0.6 is 0 Å². The smallest absolute Gasteiger partial charge is 0.220 e. The number of amides is 1. The van der Waals surface area contributed by atoms with Gasteiger partial charge in [0.2, 0.25) is 5.91 Å². The second kappa shape index (κ2) is 69.7. The summed E-state index contributed by atoms with van der Waals surface area (Å²) in [7, 11) is 0. The van der Waals surface area contributed by atoms with E-state index in [0.717, 1.165) is 89.9 Å². The first-order valence-electron chi connectivity index (χ1n) is 38.6. The van der Waals surface area contributed by atoms with Gasteiger partial charge in [-0.05, 0) is 83.5 Å². The fourth-order valence-corrected chi connectivity index (χ4v) is 11.9. The summed E-state index contributed by atoms with van der Waals surface area (Å²) >= 11 is 0. The molecule has 0 aromatic heterocycles. The summed E-state index contributed by atoms with van der Waals surface area (Å²) in [5.74, 6) is -0.178. The van der Waals surface area contributed by atoms with Gasteiger partial charge >= 0.3 is 0 Å². The van der Waals surface area contributed by atoms with Crippen molar-refractivity contribution in [3.63, 3.8) is 0 Å². The monoisotopic (exact) mass is 1270 g/mol. The van der Waals surface area contributed by atoms with E-state index < -0.39 is 49.5 Å². The molecule has 0 spiro atoms. The van der Waals surface area contributed by atoms with Crippen LogP contribution in [0.1, 0.15) is 348 Å². The molecule has 1 amide bonds. The molecule has 526 valence electrons. The summed E-state index contributed by atoms with van der Waals surface area (Å²) in [5.41, 5.74) is 0. The molecule has 1 aliphatic heterocycles. The van der Waals surface area contributed by atoms with Crippen LogP contribution in [0.4, 0.5) is 0 Å². The van der Waals surface area contributed by atoms with Gasteiger partial charge in [0.25, 0.3) is 0 Å². The SMILES string of the molecule is CC/C=C\C/C=C\C/C=C\C/C=C\C/C=C\C/C=C\C/C=C\C/C=C\CCCCCCCCCCCCCCC(=O)NC(COC1OC(CO)C(O)C(O)C1O)C(O)/C=C/CCCCCCCCCCCCCCCCCCCCCCCCCCCCCCC. The highest BCUT2D eigenvalue weighted by Gasteiger charge is 2.44. The Kier molecular flexibility index (Phi) is 65.7. The fourth-order valence-electron chi connectivity index (χ4n) is 11.9. The Labute approximate surface area is 561 Å². The molecule has 91 heavy (non-hydrogen) atoms. The first-order valence-corrected chi connectivity index (χ1v) is 38.6. The topological polar surface area (TPSA) is 149 Å². The van der Waals surface area contributed by atoms with Gasteiger partial charge < -0.3 is 40.3 Å². The summed E-state index contributed by atoms with van der Waals surface area (Å²) < 4.78 is 11.3. The van der Waals surface area contributed by atoms with Gasteiger partial charge in [-0.3, -0.25) is 4.79 Å². The number of unbranched alkanes of at least 4 members (excludes halogenated alkanes) is 41. The minimum absolute atomic E-state index is 0.178. The van der Waals surface area contributed by atoms with Crippen LogP contribution in [0, 0.1) is 0 Å². The molecular formula is C82H145NO8. The maximum atomic E-state index is 13.2. The number of hydrogen-bond donors (Lipinski definition) is 6. The van der Waals surface area contributed by atoms with Crippen LogP contribution in [0.2, 0.25) is 0 Å². The van der Waals surface area contributed by atoms with E-state index in [0.29, 0.717) is 6.42 Å². The lowest BCUT2D eigenvalue weighted by Crippen LogP contribution is -2.60. The van der Waals surface area contributed by atoms with Crippen LogP contribution < -0.4 is 5.32 Å². The Bertz CT molecular complexity index is 1810. The number of nitrogens with one attached hydrogen (secondary N) is 1. The molecule has 0 saturated carbocycles. The second-order valence-corrected chi connectivity index (χ2v) is 26.4. The third-order valence-corrected chi connectivity index (χ3v) is 17.9. The summed E-state index contributed by atoms with van der Waals surface area (Å²) in [6, 6.07) is -0.815. The molecule has 0 aromatic rings. The van der Waals surface area contributed by atoms with Crippen molar-refractivity contribution in [2.75, 3.05) is 13.2 Å². The number of carbonyl (C=O) groups is 1. The average molecular weight is 1270 g/mol. The third kappa shape index (κ3) is 58.0. The zero-order valence-corrected chi connectivity index (χ0v) is 59.1. The number of aliphatic hydroxyl groups excluding tert-OH is 5. The van der Waals surface area contributed by atoms with Gasteiger partial charge in [0.1, 0.15) is 24.4 Å². The molecule has 0 bridgehead atoms. The number of ether oxygens (including phenoxy) is 2. The lowest BCUT2D eigenvalue weighted by Gasteiger charge is -2.40. The zero-order valence-electron chi connectivity index (χ0n) is 59.1. The number of allylic oxidation sites excluding steroid dienone is 17. The standard InChI is InChI=1S/C82H145NO8/c1-3-5-7-9-11-13-15-17-19-21-23-25-27-29-31-33-35-36-37-38-39-40-42-44-46-48-50-52-54-56-58-60-62-64-66-68-70-72-78(86)83-75(74-90-82-81(89)80(88)79(87)77(73-84)91-82)76(85)71-69-67-65-63-61-59-57-55-53-51-49-47-45-43-41-34-32-30-28-26-24-22-20-18-16-14-12-10-8-6-4-2/h5,7,11,13,17,19,23,25,29,31,35-36,38-39,42,44,69,71,75-77,79-82,84-85,87-89H,3-4,6,8-10,12,14-16,18,20-22,24,26-28,30,32-34,37,40-41,43,45-68,70,72-74H2,1-2H3,(H,83,86)/b7-5-,13-11-,19-17-,25-23-,31-29-,36-35-,39-38-,44-42-,71-69+. The van der Waals surface area contributed by atoms with Crippen molar-refractivity contribution >= 4 is 5.91 Å². The van der Waals surface area contributed by atoms with Gasteiger partial charge in [-0.1, -0.05) is 367 Å². The predicted molar refractivity (Wildman–Crippen MR) is 391 cm³/mol. The molecule has 7 unspecified atom stereocenters. The second-order valence-electron chi connectivity index (χ2n) is 26.4. The highest BCUT2D eigenvalue weighted by atomic mass is 16.7. The molecule has 9 heteroatoms. The third-order valence-electron chi connectivity index (χ3n) is 17.9. The van der Waals surface area contributed by atoms with E-state index >= 15 is 0 Å². The molecular weight excluding hydrogens is 1130 g/mol. The van der Waals surface area contributed by atoms with E-state index in [1.807, 2.05) is 6.08 Å². The maximum absolute atomic E-state index is 13.2.